The molecule has 0 bridgehead atoms. The summed E-state index contributed by atoms with van der Waals surface area (Å²) in [5.41, 5.74) is -0.778. The molecule has 0 amide bonds. The van der Waals surface area contributed by atoms with Crippen LogP contribution in [0.2, 0.25) is 0 Å². The van der Waals surface area contributed by atoms with Gasteiger partial charge in [-0.05, 0) is 32.3 Å². The van der Waals surface area contributed by atoms with E-state index in [4.69, 9.17) is 14.2 Å². The predicted molar refractivity (Wildman–Crippen MR) is 102 cm³/mol. The molecule has 7 atom stereocenters. The largest absolute Gasteiger partial charge is 0.456 e. The maximum Gasteiger partial charge on any atom is 0.336 e. The van der Waals surface area contributed by atoms with Crippen molar-refractivity contribution in [2.45, 2.75) is 70.2 Å². The summed E-state index contributed by atoms with van der Waals surface area (Å²) in [5.74, 6) is -3.59. The van der Waals surface area contributed by atoms with Gasteiger partial charge in [0, 0.05) is 30.5 Å². The number of cyclic esters (lactones) is 1. The number of hydrogen-bond acceptors (Lipinski definition) is 8. The number of aliphatic hydroxyl groups is 1. The quantitative estimate of drug-likeness (QED) is 0.674. The summed E-state index contributed by atoms with van der Waals surface area (Å²) in [6.45, 7) is 5.89. The Bertz CT molecular complexity index is 894. The molecule has 30 heavy (non-hydrogen) atoms. The van der Waals surface area contributed by atoms with Gasteiger partial charge in [0.05, 0.1) is 23.6 Å². The van der Waals surface area contributed by atoms with Crippen molar-refractivity contribution >= 4 is 17.7 Å². The number of esters is 2. The van der Waals surface area contributed by atoms with Gasteiger partial charge in [-0.25, -0.2) is 4.79 Å². The van der Waals surface area contributed by atoms with Gasteiger partial charge in [-0.15, -0.1) is 0 Å². The average molecular weight is 417 g/mol. The van der Waals surface area contributed by atoms with Gasteiger partial charge in [0.2, 0.25) is 17.3 Å². The van der Waals surface area contributed by atoms with Gasteiger partial charge >= 0.3 is 11.9 Å². The molecule has 5 aliphatic rings. The molecule has 0 radical (unpaired) electrons. The van der Waals surface area contributed by atoms with E-state index in [0.29, 0.717) is 43.5 Å². The molecule has 3 fully saturated rings. The zero-order valence-corrected chi connectivity index (χ0v) is 17.4. The number of rotatable bonds is 2. The third kappa shape index (κ3) is 2.43. The van der Waals surface area contributed by atoms with E-state index < -0.39 is 41.4 Å². The molecule has 0 aromatic carbocycles. The van der Waals surface area contributed by atoms with Gasteiger partial charge < -0.3 is 24.2 Å². The summed E-state index contributed by atoms with van der Waals surface area (Å²) in [7, 11) is 0. The molecule has 1 N–H and O–H groups in total. The van der Waals surface area contributed by atoms with Crippen LogP contribution in [0.25, 0.3) is 0 Å². The lowest BCUT2D eigenvalue weighted by atomic mass is 9.75. The second-order valence-corrected chi connectivity index (χ2v) is 9.15. The zero-order chi connectivity index (χ0) is 21.4. The van der Waals surface area contributed by atoms with Crippen LogP contribution in [0.15, 0.2) is 23.4 Å². The van der Waals surface area contributed by atoms with Gasteiger partial charge in [-0.2, -0.15) is 0 Å². The SMILES string of the molecule is CC[C@H]1[C@H]2[C@@H](CCCN3C([C@@H]4C[C@H](C)C(=O)O4)=CC(=O)[C@@]23O)O[C@]12C=C(C)C(=O)O2. The summed E-state index contributed by atoms with van der Waals surface area (Å²) in [4.78, 5) is 39.1. The molecule has 8 heteroatoms. The Balaban J connectivity index is 1.54. The zero-order valence-electron chi connectivity index (χ0n) is 17.4. The first-order valence-electron chi connectivity index (χ1n) is 10.8. The lowest BCUT2D eigenvalue weighted by Gasteiger charge is -2.42. The van der Waals surface area contributed by atoms with E-state index in [0.717, 1.165) is 0 Å². The van der Waals surface area contributed by atoms with Gasteiger partial charge in [0.25, 0.3) is 0 Å². The number of ketones is 1. The van der Waals surface area contributed by atoms with E-state index in [9.17, 15) is 19.5 Å². The van der Waals surface area contributed by atoms with Crippen molar-refractivity contribution in [3.05, 3.63) is 23.4 Å². The molecule has 0 aromatic heterocycles. The lowest BCUT2D eigenvalue weighted by Crippen LogP contribution is -2.59. The number of nitrogens with zero attached hydrogens (tertiary/aromatic N) is 1. The Morgan fingerprint density at radius 3 is 2.67 bits per heavy atom. The minimum absolute atomic E-state index is 0.244. The van der Waals surface area contributed by atoms with Crippen LogP contribution >= 0.6 is 0 Å². The maximum atomic E-state index is 13.3. The summed E-state index contributed by atoms with van der Waals surface area (Å²) < 4.78 is 17.5. The van der Waals surface area contributed by atoms with Crippen LogP contribution in [-0.4, -0.2) is 58.0 Å². The molecule has 5 rings (SSSR count). The van der Waals surface area contributed by atoms with Gasteiger partial charge in [0.1, 0.15) is 6.10 Å². The molecule has 1 spiro atoms. The van der Waals surface area contributed by atoms with E-state index in [-0.39, 0.29) is 17.8 Å². The van der Waals surface area contributed by atoms with Gasteiger partial charge in [-0.1, -0.05) is 13.8 Å². The topological polar surface area (TPSA) is 102 Å². The predicted octanol–water partition coefficient (Wildman–Crippen LogP) is 1.43. The molecule has 8 nitrogen and oxygen atoms in total. The van der Waals surface area contributed by atoms with Crippen LogP contribution in [0.1, 0.15) is 46.5 Å². The van der Waals surface area contributed by atoms with Crippen LogP contribution in [-0.2, 0) is 28.6 Å². The summed E-state index contributed by atoms with van der Waals surface area (Å²) >= 11 is 0. The first kappa shape index (κ1) is 19.8. The first-order chi connectivity index (χ1) is 14.2. The normalized spacial score (nSPS) is 45.1. The Labute approximate surface area is 174 Å². The number of fused-ring (bicyclic) bond motifs is 3. The fraction of sp³-hybridized carbons (Fsp3) is 0.682. The molecular weight excluding hydrogens is 390 g/mol. The highest BCUT2D eigenvalue weighted by atomic mass is 16.7. The van der Waals surface area contributed by atoms with Crippen LogP contribution in [0, 0.1) is 17.8 Å². The smallest absolute Gasteiger partial charge is 0.336 e. The number of carbonyl (C=O) groups excluding carboxylic acids is 3. The number of ether oxygens (including phenoxy) is 3. The molecule has 3 saturated heterocycles. The second kappa shape index (κ2) is 6.40. The molecule has 0 saturated carbocycles. The highest BCUT2D eigenvalue weighted by Gasteiger charge is 2.69. The molecule has 0 unspecified atom stereocenters. The fourth-order valence-corrected chi connectivity index (χ4v) is 5.99. The fourth-order valence-electron chi connectivity index (χ4n) is 5.99. The van der Waals surface area contributed by atoms with Crippen LogP contribution in [0.5, 0.6) is 0 Å². The molecule has 0 aliphatic carbocycles. The molecular formula is C22H27NO7. The van der Waals surface area contributed by atoms with Crippen molar-refractivity contribution < 1.29 is 33.7 Å². The van der Waals surface area contributed by atoms with Crippen molar-refractivity contribution in [2.24, 2.45) is 17.8 Å². The van der Waals surface area contributed by atoms with E-state index >= 15 is 0 Å². The number of hydrogen-bond donors (Lipinski definition) is 1. The summed E-state index contributed by atoms with van der Waals surface area (Å²) in [6, 6.07) is 0. The van der Waals surface area contributed by atoms with E-state index in [1.165, 1.54) is 6.08 Å². The first-order valence-corrected chi connectivity index (χ1v) is 10.8. The minimum atomic E-state index is -1.81. The van der Waals surface area contributed by atoms with Crippen molar-refractivity contribution in [3.63, 3.8) is 0 Å². The van der Waals surface area contributed by atoms with Gasteiger partial charge in [-0.3, -0.25) is 9.59 Å². The Hall–Kier alpha value is -2.19. The van der Waals surface area contributed by atoms with Crippen molar-refractivity contribution in [2.75, 3.05) is 6.54 Å². The van der Waals surface area contributed by atoms with E-state index in [2.05, 4.69) is 0 Å². The second-order valence-electron chi connectivity index (χ2n) is 9.15. The number of carbonyl (C=O) groups is 3. The van der Waals surface area contributed by atoms with Crippen molar-refractivity contribution in [1.82, 2.24) is 4.90 Å². The Morgan fingerprint density at radius 1 is 1.30 bits per heavy atom. The Morgan fingerprint density at radius 2 is 2.07 bits per heavy atom. The van der Waals surface area contributed by atoms with E-state index in [1.54, 1.807) is 24.8 Å². The van der Waals surface area contributed by atoms with Crippen molar-refractivity contribution in [3.8, 4) is 0 Å². The van der Waals surface area contributed by atoms with Crippen LogP contribution in [0.4, 0.5) is 0 Å². The monoisotopic (exact) mass is 417 g/mol. The summed E-state index contributed by atoms with van der Waals surface area (Å²) in [6.07, 6.45) is 4.52. The standard InChI is InChI=1S/C22H27NO7/c1-4-13-18-15(29-21(13)10-12(3)20(26)30-21)6-5-7-23-14(9-17(24)22(18,23)27)16-8-11(2)19(25)28-16/h9-11,13,15-16,18,27H,4-8H2,1-3H3/t11-,13-,15+,16-,18-,21-,22+/m0/s1. The average Bonchev–Trinajstić information content (AvgIpc) is 3.32. The highest BCUT2D eigenvalue weighted by molar-refractivity contribution is 6.00. The molecule has 0 aromatic rings. The molecule has 162 valence electrons. The third-order valence-corrected chi connectivity index (χ3v) is 7.38. The Kier molecular flexibility index (Phi) is 4.22. The molecule has 5 aliphatic heterocycles. The van der Waals surface area contributed by atoms with Gasteiger partial charge in [0.15, 0.2) is 0 Å². The van der Waals surface area contributed by atoms with E-state index in [1.807, 2.05) is 6.92 Å². The molecule has 5 heterocycles. The highest BCUT2D eigenvalue weighted by Crippen LogP contribution is 2.56. The van der Waals surface area contributed by atoms with Crippen LogP contribution < -0.4 is 0 Å². The maximum absolute atomic E-state index is 13.3. The minimum Gasteiger partial charge on any atom is -0.456 e. The van der Waals surface area contributed by atoms with Crippen LogP contribution in [0.3, 0.4) is 0 Å². The lowest BCUT2D eigenvalue weighted by molar-refractivity contribution is -0.204. The third-order valence-electron chi connectivity index (χ3n) is 7.38. The summed E-state index contributed by atoms with van der Waals surface area (Å²) in [5, 5.41) is 11.9. The van der Waals surface area contributed by atoms with Crippen molar-refractivity contribution in [1.29, 1.82) is 0 Å².